The summed E-state index contributed by atoms with van der Waals surface area (Å²) in [7, 11) is 1.90. The van der Waals surface area contributed by atoms with Crippen LogP contribution in [0.15, 0.2) is 12.5 Å². The molecule has 0 aromatic carbocycles. The van der Waals surface area contributed by atoms with Gasteiger partial charge in [-0.1, -0.05) is 0 Å². The molecule has 1 heterocycles. The monoisotopic (exact) mass is 141 g/mol. The number of rotatable bonds is 3. The lowest BCUT2D eigenvalue weighted by molar-refractivity contribution is 0.311. The molecule has 4 nitrogen and oxygen atoms in total. The molecule has 0 radical (unpaired) electrons. The molecule has 56 valence electrons. The lowest BCUT2D eigenvalue weighted by Crippen LogP contribution is -2.07. The molecular weight excluding hydrogens is 130 g/mol. The van der Waals surface area contributed by atoms with E-state index >= 15 is 0 Å². The molecule has 0 aliphatic heterocycles. The molecule has 1 rings (SSSR count). The Morgan fingerprint density at radius 1 is 1.80 bits per heavy atom. The zero-order valence-corrected chi connectivity index (χ0v) is 5.91. The summed E-state index contributed by atoms with van der Waals surface area (Å²) in [4.78, 5) is 3.89. The number of anilines is 1. The summed E-state index contributed by atoms with van der Waals surface area (Å²) in [6, 6.07) is 0. The minimum absolute atomic E-state index is 0.144. The summed E-state index contributed by atoms with van der Waals surface area (Å²) in [5.41, 5.74) is 0. The molecule has 0 aliphatic rings. The van der Waals surface area contributed by atoms with Gasteiger partial charge in [0.1, 0.15) is 5.82 Å². The van der Waals surface area contributed by atoms with Crippen LogP contribution in [0.5, 0.6) is 0 Å². The van der Waals surface area contributed by atoms with Gasteiger partial charge in [-0.3, -0.25) is 0 Å². The van der Waals surface area contributed by atoms with Crippen molar-refractivity contribution < 1.29 is 5.11 Å². The van der Waals surface area contributed by atoms with Gasteiger partial charge in [0, 0.05) is 13.6 Å². The molecule has 0 unspecified atom stereocenters. The molecule has 1 aromatic heterocycles. The van der Waals surface area contributed by atoms with Crippen LogP contribution in [0.1, 0.15) is 0 Å². The number of hydrogen-bond acceptors (Lipinski definition) is 3. The first kappa shape index (κ1) is 7.08. The molecule has 0 fully saturated rings. The van der Waals surface area contributed by atoms with Crippen LogP contribution in [0.3, 0.4) is 0 Å². The minimum Gasteiger partial charge on any atom is -0.395 e. The standard InChI is InChI=1S/C6H11N3O/c1-9-5-7-4-6(9)8-2-3-10/h4-5,8,10H,2-3H2,1H3. The van der Waals surface area contributed by atoms with Crippen molar-refractivity contribution in [3.8, 4) is 0 Å². The Hall–Kier alpha value is -1.03. The lowest BCUT2D eigenvalue weighted by atomic mass is 10.6. The van der Waals surface area contributed by atoms with Crippen molar-refractivity contribution in [2.75, 3.05) is 18.5 Å². The molecule has 4 heteroatoms. The number of imidazole rings is 1. The SMILES string of the molecule is Cn1cncc1NCCO. The van der Waals surface area contributed by atoms with Crippen LogP contribution in [0.2, 0.25) is 0 Å². The van der Waals surface area contributed by atoms with E-state index in [1.165, 1.54) is 0 Å². The Labute approximate surface area is 59.5 Å². The predicted molar refractivity (Wildman–Crippen MR) is 38.8 cm³/mol. The van der Waals surface area contributed by atoms with Crippen molar-refractivity contribution >= 4 is 5.82 Å². The lowest BCUT2D eigenvalue weighted by Gasteiger charge is -2.02. The zero-order valence-electron chi connectivity index (χ0n) is 5.91. The van der Waals surface area contributed by atoms with E-state index in [1.54, 1.807) is 12.5 Å². The van der Waals surface area contributed by atoms with Crippen LogP contribution in [0.4, 0.5) is 5.82 Å². The first-order valence-electron chi connectivity index (χ1n) is 3.15. The highest BCUT2D eigenvalue weighted by atomic mass is 16.3. The fraction of sp³-hybridized carbons (Fsp3) is 0.500. The van der Waals surface area contributed by atoms with Crippen LogP contribution in [0, 0.1) is 0 Å². The number of aliphatic hydroxyl groups is 1. The van der Waals surface area contributed by atoms with Gasteiger partial charge in [-0.05, 0) is 0 Å². The smallest absolute Gasteiger partial charge is 0.125 e. The highest BCUT2D eigenvalue weighted by Gasteiger charge is 1.93. The second-order valence-corrected chi connectivity index (χ2v) is 2.04. The van der Waals surface area contributed by atoms with Crippen molar-refractivity contribution in [2.45, 2.75) is 0 Å². The molecular formula is C6H11N3O. The van der Waals surface area contributed by atoms with Gasteiger partial charge in [0.05, 0.1) is 19.1 Å². The van der Waals surface area contributed by atoms with Crippen molar-refractivity contribution in [3.63, 3.8) is 0 Å². The second kappa shape index (κ2) is 3.22. The summed E-state index contributed by atoms with van der Waals surface area (Å²) >= 11 is 0. The molecule has 0 saturated heterocycles. The van der Waals surface area contributed by atoms with Gasteiger partial charge in [-0.15, -0.1) is 0 Å². The van der Waals surface area contributed by atoms with Crippen LogP contribution in [-0.2, 0) is 7.05 Å². The quantitative estimate of drug-likeness (QED) is 0.614. The molecule has 2 N–H and O–H groups in total. The Bertz CT molecular complexity index is 197. The topological polar surface area (TPSA) is 50.1 Å². The Kier molecular flexibility index (Phi) is 2.28. The summed E-state index contributed by atoms with van der Waals surface area (Å²) < 4.78 is 1.86. The van der Waals surface area contributed by atoms with Gasteiger partial charge in [0.15, 0.2) is 0 Å². The molecule has 0 bridgehead atoms. The zero-order chi connectivity index (χ0) is 7.40. The normalized spacial score (nSPS) is 9.80. The Morgan fingerprint density at radius 2 is 2.60 bits per heavy atom. The van der Waals surface area contributed by atoms with Crippen LogP contribution in [0.25, 0.3) is 0 Å². The average Bonchev–Trinajstić information content (AvgIpc) is 2.31. The van der Waals surface area contributed by atoms with E-state index in [-0.39, 0.29) is 6.61 Å². The second-order valence-electron chi connectivity index (χ2n) is 2.04. The molecule has 10 heavy (non-hydrogen) atoms. The Morgan fingerprint density at radius 3 is 3.10 bits per heavy atom. The maximum atomic E-state index is 8.46. The molecule has 0 saturated carbocycles. The third kappa shape index (κ3) is 1.48. The van der Waals surface area contributed by atoms with Crippen molar-refractivity contribution in [2.24, 2.45) is 7.05 Å². The summed E-state index contributed by atoms with van der Waals surface area (Å²) in [6.07, 6.45) is 3.43. The molecule has 0 spiro atoms. The number of nitrogens with zero attached hydrogens (tertiary/aromatic N) is 2. The van der Waals surface area contributed by atoms with E-state index in [9.17, 15) is 0 Å². The van der Waals surface area contributed by atoms with Gasteiger partial charge in [0.2, 0.25) is 0 Å². The first-order valence-corrected chi connectivity index (χ1v) is 3.15. The van der Waals surface area contributed by atoms with Gasteiger partial charge in [0.25, 0.3) is 0 Å². The number of hydrogen-bond donors (Lipinski definition) is 2. The first-order chi connectivity index (χ1) is 4.84. The number of aromatic nitrogens is 2. The van der Waals surface area contributed by atoms with Gasteiger partial charge >= 0.3 is 0 Å². The minimum atomic E-state index is 0.144. The largest absolute Gasteiger partial charge is 0.395 e. The van der Waals surface area contributed by atoms with Gasteiger partial charge < -0.3 is 15.0 Å². The number of aryl methyl sites for hydroxylation is 1. The Balaban J connectivity index is 2.49. The van der Waals surface area contributed by atoms with E-state index in [4.69, 9.17) is 5.11 Å². The maximum Gasteiger partial charge on any atom is 0.125 e. The molecule has 1 aromatic rings. The average molecular weight is 141 g/mol. The third-order valence-corrected chi connectivity index (χ3v) is 1.23. The highest BCUT2D eigenvalue weighted by molar-refractivity contribution is 5.31. The predicted octanol–water partition coefficient (Wildman–Crippen LogP) is -0.176. The molecule has 0 atom stereocenters. The van der Waals surface area contributed by atoms with Crippen LogP contribution < -0.4 is 5.32 Å². The maximum absolute atomic E-state index is 8.46. The van der Waals surface area contributed by atoms with E-state index in [0.29, 0.717) is 6.54 Å². The third-order valence-electron chi connectivity index (χ3n) is 1.23. The number of nitrogens with one attached hydrogen (secondary N) is 1. The van der Waals surface area contributed by atoms with E-state index in [0.717, 1.165) is 5.82 Å². The van der Waals surface area contributed by atoms with Crippen molar-refractivity contribution in [1.82, 2.24) is 9.55 Å². The van der Waals surface area contributed by atoms with Crippen LogP contribution >= 0.6 is 0 Å². The molecule has 0 amide bonds. The van der Waals surface area contributed by atoms with Crippen molar-refractivity contribution in [3.05, 3.63) is 12.5 Å². The van der Waals surface area contributed by atoms with E-state index < -0.39 is 0 Å². The van der Waals surface area contributed by atoms with Crippen LogP contribution in [-0.4, -0.2) is 27.8 Å². The fourth-order valence-electron chi connectivity index (χ4n) is 0.712. The summed E-state index contributed by atoms with van der Waals surface area (Å²) in [5, 5.41) is 11.5. The van der Waals surface area contributed by atoms with E-state index in [2.05, 4.69) is 10.3 Å². The molecule has 0 aliphatic carbocycles. The summed E-state index contributed by atoms with van der Waals surface area (Å²) in [6.45, 7) is 0.713. The van der Waals surface area contributed by atoms with Gasteiger partial charge in [-0.25, -0.2) is 4.98 Å². The number of aliphatic hydroxyl groups excluding tert-OH is 1. The fourth-order valence-corrected chi connectivity index (χ4v) is 0.712. The van der Waals surface area contributed by atoms with Gasteiger partial charge in [-0.2, -0.15) is 0 Å². The van der Waals surface area contributed by atoms with Crippen molar-refractivity contribution in [1.29, 1.82) is 0 Å². The van der Waals surface area contributed by atoms with E-state index in [1.807, 2.05) is 11.6 Å². The summed E-state index contributed by atoms with van der Waals surface area (Å²) in [5.74, 6) is 0.925. The highest BCUT2D eigenvalue weighted by Crippen LogP contribution is 2.00.